The van der Waals surface area contributed by atoms with Crippen molar-refractivity contribution in [1.29, 1.82) is 0 Å². The van der Waals surface area contributed by atoms with Gasteiger partial charge in [0.05, 0.1) is 0 Å². The van der Waals surface area contributed by atoms with Gasteiger partial charge >= 0.3 is 0 Å². The number of hydrogen-bond donors (Lipinski definition) is 1. The van der Waals surface area contributed by atoms with Crippen molar-refractivity contribution in [3.8, 4) is 0 Å². The molecule has 0 radical (unpaired) electrons. The standard InChI is InChI=1S/C10H18N4/c1-3-5-9(11)7-10-12-8-13-14(10)6-4-2/h3,8-9H,1,4-7,11H2,2H3. The first-order valence-corrected chi connectivity index (χ1v) is 5.01. The maximum Gasteiger partial charge on any atom is 0.138 e. The predicted octanol–water partition coefficient (Wildman–Crippen LogP) is 1.13. The van der Waals surface area contributed by atoms with Gasteiger partial charge < -0.3 is 5.73 Å². The topological polar surface area (TPSA) is 56.7 Å². The number of rotatable bonds is 6. The largest absolute Gasteiger partial charge is 0.327 e. The third-order valence-corrected chi connectivity index (χ3v) is 2.05. The molecular weight excluding hydrogens is 176 g/mol. The van der Waals surface area contributed by atoms with E-state index in [9.17, 15) is 0 Å². The van der Waals surface area contributed by atoms with Crippen LogP contribution in [-0.2, 0) is 13.0 Å². The molecule has 0 fully saturated rings. The normalized spacial score (nSPS) is 12.7. The fourth-order valence-corrected chi connectivity index (χ4v) is 1.38. The lowest BCUT2D eigenvalue weighted by Crippen LogP contribution is -2.24. The average molecular weight is 194 g/mol. The molecule has 0 spiro atoms. The van der Waals surface area contributed by atoms with Gasteiger partial charge in [-0.25, -0.2) is 4.98 Å². The summed E-state index contributed by atoms with van der Waals surface area (Å²) in [5.74, 6) is 0.973. The zero-order valence-electron chi connectivity index (χ0n) is 8.69. The van der Waals surface area contributed by atoms with Crippen molar-refractivity contribution in [3.63, 3.8) is 0 Å². The van der Waals surface area contributed by atoms with Gasteiger partial charge in [-0.15, -0.1) is 6.58 Å². The lowest BCUT2D eigenvalue weighted by Gasteiger charge is -2.09. The minimum Gasteiger partial charge on any atom is -0.327 e. The van der Waals surface area contributed by atoms with Gasteiger partial charge in [0.15, 0.2) is 0 Å². The highest BCUT2D eigenvalue weighted by Crippen LogP contribution is 2.02. The van der Waals surface area contributed by atoms with Crippen LogP contribution in [0.1, 0.15) is 25.6 Å². The molecule has 0 amide bonds. The Kier molecular flexibility index (Phi) is 4.32. The Morgan fingerprint density at radius 3 is 3.14 bits per heavy atom. The SMILES string of the molecule is C=CCC(N)Cc1ncnn1CCC. The highest BCUT2D eigenvalue weighted by atomic mass is 15.3. The highest BCUT2D eigenvalue weighted by Gasteiger charge is 2.08. The summed E-state index contributed by atoms with van der Waals surface area (Å²) in [5, 5.41) is 4.14. The molecule has 0 saturated carbocycles. The summed E-state index contributed by atoms with van der Waals surface area (Å²) in [6, 6.07) is 0.104. The van der Waals surface area contributed by atoms with Gasteiger partial charge in [0.2, 0.25) is 0 Å². The first-order valence-electron chi connectivity index (χ1n) is 5.01. The number of aromatic nitrogens is 3. The van der Waals surface area contributed by atoms with Crippen molar-refractivity contribution in [2.24, 2.45) is 5.73 Å². The third kappa shape index (κ3) is 2.96. The second kappa shape index (κ2) is 5.54. The first kappa shape index (κ1) is 10.9. The molecule has 2 N–H and O–H groups in total. The molecule has 1 aromatic heterocycles. The van der Waals surface area contributed by atoms with Crippen LogP contribution >= 0.6 is 0 Å². The van der Waals surface area contributed by atoms with E-state index in [2.05, 4.69) is 23.6 Å². The van der Waals surface area contributed by atoms with Crippen LogP contribution in [0.5, 0.6) is 0 Å². The summed E-state index contributed by atoms with van der Waals surface area (Å²) >= 11 is 0. The van der Waals surface area contributed by atoms with Crippen LogP contribution < -0.4 is 5.73 Å². The lowest BCUT2D eigenvalue weighted by atomic mass is 10.1. The van der Waals surface area contributed by atoms with E-state index in [1.165, 1.54) is 0 Å². The maximum atomic E-state index is 5.89. The van der Waals surface area contributed by atoms with Crippen LogP contribution in [0.15, 0.2) is 19.0 Å². The number of aryl methyl sites for hydroxylation is 1. The number of nitrogens with zero attached hydrogens (tertiary/aromatic N) is 3. The summed E-state index contributed by atoms with van der Waals surface area (Å²) < 4.78 is 1.92. The van der Waals surface area contributed by atoms with Gasteiger partial charge in [0, 0.05) is 19.0 Å². The van der Waals surface area contributed by atoms with Gasteiger partial charge in [-0.3, -0.25) is 4.68 Å². The van der Waals surface area contributed by atoms with Gasteiger partial charge in [-0.2, -0.15) is 5.10 Å². The van der Waals surface area contributed by atoms with Crippen LogP contribution in [0.25, 0.3) is 0 Å². The van der Waals surface area contributed by atoms with Crippen molar-refractivity contribution in [1.82, 2.24) is 14.8 Å². The highest BCUT2D eigenvalue weighted by molar-refractivity contribution is 4.90. The third-order valence-electron chi connectivity index (χ3n) is 2.05. The predicted molar refractivity (Wildman–Crippen MR) is 56.8 cm³/mol. The van der Waals surface area contributed by atoms with Crippen molar-refractivity contribution in [3.05, 3.63) is 24.8 Å². The quantitative estimate of drug-likeness (QED) is 0.691. The summed E-state index contributed by atoms with van der Waals surface area (Å²) in [6.45, 7) is 6.70. The van der Waals surface area contributed by atoms with E-state index in [1.54, 1.807) is 6.33 Å². The van der Waals surface area contributed by atoms with Gasteiger partial charge in [-0.1, -0.05) is 13.0 Å². The first-order chi connectivity index (χ1) is 6.77. The van der Waals surface area contributed by atoms with E-state index in [-0.39, 0.29) is 6.04 Å². The number of hydrogen-bond acceptors (Lipinski definition) is 3. The summed E-state index contributed by atoms with van der Waals surface area (Å²) in [7, 11) is 0. The summed E-state index contributed by atoms with van der Waals surface area (Å²) in [4.78, 5) is 4.19. The molecule has 1 atom stereocenters. The molecule has 0 aliphatic rings. The molecule has 4 nitrogen and oxygen atoms in total. The Labute approximate surface area is 84.8 Å². The van der Waals surface area contributed by atoms with E-state index in [4.69, 9.17) is 5.73 Å². The molecule has 1 rings (SSSR count). The Balaban J connectivity index is 2.56. The van der Waals surface area contributed by atoms with E-state index in [1.807, 2.05) is 10.8 Å². The van der Waals surface area contributed by atoms with Crippen LogP contribution in [0, 0.1) is 0 Å². The van der Waals surface area contributed by atoms with Crippen LogP contribution in [0.3, 0.4) is 0 Å². The Hall–Kier alpha value is -1.16. The zero-order valence-corrected chi connectivity index (χ0v) is 8.69. The van der Waals surface area contributed by atoms with E-state index in [0.29, 0.717) is 0 Å². The minimum atomic E-state index is 0.104. The lowest BCUT2D eigenvalue weighted by molar-refractivity contribution is 0.543. The summed E-state index contributed by atoms with van der Waals surface area (Å²) in [5.41, 5.74) is 5.89. The van der Waals surface area contributed by atoms with Crippen molar-refractivity contribution < 1.29 is 0 Å². The molecule has 14 heavy (non-hydrogen) atoms. The Morgan fingerprint density at radius 1 is 1.71 bits per heavy atom. The molecule has 0 bridgehead atoms. The second-order valence-corrected chi connectivity index (χ2v) is 3.39. The zero-order chi connectivity index (χ0) is 10.4. The molecule has 0 aromatic carbocycles. The fraction of sp³-hybridized carbons (Fsp3) is 0.600. The monoisotopic (exact) mass is 194 g/mol. The average Bonchev–Trinajstić information content (AvgIpc) is 2.54. The molecule has 78 valence electrons. The van der Waals surface area contributed by atoms with Crippen LogP contribution in [0.2, 0.25) is 0 Å². The molecule has 4 heteroatoms. The number of nitrogens with two attached hydrogens (primary N) is 1. The fourth-order valence-electron chi connectivity index (χ4n) is 1.38. The molecule has 1 unspecified atom stereocenters. The molecule has 0 saturated heterocycles. The second-order valence-electron chi connectivity index (χ2n) is 3.39. The van der Waals surface area contributed by atoms with Crippen LogP contribution in [-0.4, -0.2) is 20.8 Å². The van der Waals surface area contributed by atoms with Crippen LogP contribution in [0.4, 0.5) is 0 Å². The molecule has 1 heterocycles. The van der Waals surface area contributed by atoms with E-state index < -0.39 is 0 Å². The molecule has 1 aromatic rings. The van der Waals surface area contributed by atoms with Crippen molar-refractivity contribution >= 4 is 0 Å². The van der Waals surface area contributed by atoms with E-state index >= 15 is 0 Å². The van der Waals surface area contributed by atoms with Crippen molar-refractivity contribution in [2.75, 3.05) is 0 Å². The minimum absolute atomic E-state index is 0.104. The van der Waals surface area contributed by atoms with E-state index in [0.717, 1.165) is 31.6 Å². The molecular formula is C10H18N4. The molecule has 0 aliphatic carbocycles. The van der Waals surface area contributed by atoms with Gasteiger partial charge in [0.1, 0.15) is 12.2 Å². The Bertz CT molecular complexity index is 279. The van der Waals surface area contributed by atoms with Crippen molar-refractivity contribution in [2.45, 2.75) is 38.8 Å². The summed E-state index contributed by atoms with van der Waals surface area (Å²) in [6.07, 6.45) is 6.08. The maximum absolute atomic E-state index is 5.89. The Morgan fingerprint density at radius 2 is 2.50 bits per heavy atom. The van der Waals surface area contributed by atoms with Gasteiger partial charge in [-0.05, 0) is 12.8 Å². The molecule has 0 aliphatic heterocycles. The smallest absolute Gasteiger partial charge is 0.138 e. The van der Waals surface area contributed by atoms with Gasteiger partial charge in [0.25, 0.3) is 0 Å².